The molecule has 0 saturated heterocycles. The summed E-state index contributed by atoms with van der Waals surface area (Å²) < 4.78 is 1.79. The molecule has 1 rings (SSSR count). The van der Waals surface area contributed by atoms with Crippen LogP contribution in [0.15, 0.2) is 12.3 Å². The van der Waals surface area contributed by atoms with Gasteiger partial charge in [-0.1, -0.05) is 20.8 Å². The van der Waals surface area contributed by atoms with E-state index < -0.39 is 0 Å². The highest BCUT2D eigenvalue weighted by molar-refractivity contribution is 5.05. The van der Waals surface area contributed by atoms with Crippen molar-refractivity contribution in [1.29, 1.82) is 0 Å². The van der Waals surface area contributed by atoms with Gasteiger partial charge in [-0.15, -0.1) is 0 Å². The Morgan fingerprint density at radius 2 is 2.21 bits per heavy atom. The van der Waals surface area contributed by atoms with Crippen LogP contribution in [0.5, 0.6) is 0 Å². The molecule has 4 heteroatoms. The van der Waals surface area contributed by atoms with Gasteiger partial charge < -0.3 is 0 Å². The van der Waals surface area contributed by atoms with E-state index in [1.165, 1.54) is 0 Å². The zero-order valence-corrected chi connectivity index (χ0v) is 9.41. The van der Waals surface area contributed by atoms with Crippen molar-refractivity contribution in [2.75, 3.05) is 0 Å². The second-order valence-corrected chi connectivity index (χ2v) is 4.90. The topological polar surface area (TPSA) is 55.9 Å². The first-order valence-corrected chi connectivity index (χ1v) is 4.88. The zero-order chi connectivity index (χ0) is 10.8. The van der Waals surface area contributed by atoms with Crippen LogP contribution < -0.4 is 11.3 Å². The predicted octanol–water partition coefficient (Wildman–Crippen LogP) is 1.36. The molecule has 80 valence electrons. The van der Waals surface area contributed by atoms with Crippen LogP contribution in [0.1, 0.15) is 38.9 Å². The number of nitrogens with zero attached hydrogens (tertiary/aromatic N) is 2. The molecule has 0 aliphatic heterocycles. The largest absolute Gasteiger partial charge is 0.275 e. The highest BCUT2D eigenvalue weighted by Gasteiger charge is 2.20. The third-order valence-corrected chi connectivity index (χ3v) is 2.11. The van der Waals surface area contributed by atoms with E-state index in [9.17, 15) is 0 Å². The van der Waals surface area contributed by atoms with Gasteiger partial charge in [-0.25, -0.2) is 0 Å². The van der Waals surface area contributed by atoms with Gasteiger partial charge in [-0.2, -0.15) is 5.10 Å². The van der Waals surface area contributed by atoms with E-state index in [0.717, 1.165) is 12.1 Å². The van der Waals surface area contributed by atoms with Crippen LogP contribution in [0.3, 0.4) is 0 Å². The monoisotopic (exact) mass is 196 g/mol. The molecule has 1 atom stereocenters. The van der Waals surface area contributed by atoms with E-state index in [2.05, 4.69) is 31.3 Å². The molecule has 0 spiro atoms. The number of nitrogens with two attached hydrogens (primary N) is 1. The maximum absolute atomic E-state index is 5.52. The molecule has 4 nitrogen and oxygen atoms in total. The Labute approximate surface area is 85.5 Å². The lowest BCUT2D eigenvalue weighted by molar-refractivity contribution is 0.309. The Morgan fingerprint density at radius 3 is 2.57 bits per heavy atom. The van der Waals surface area contributed by atoms with Crippen LogP contribution >= 0.6 is 0 Å². The molecule has 0 aliphatic carbocycles. The molecular weight excluding hydrogens is 176 g/mol. The molecule has 0 bridgehead atoms. The van der Waals surface area contributed by atoms with Crippen molar-refractivity contribution < 1.29 is 0 Å². The maximum atomic E-state index is 5.52. The SMILES string of the molecule is Cn1ccc(C(CC(C)(C)C)NN)n1. The average molecular weight is 196 g/mol. The molecule has 0 amide bonds. The predicted molar refractivity (Wildman–Crippen MR) is 57.3 cm³/mol. The minimum Gasteiger partial charge on any atom is -0.275 e. The minimum absolute atomic E-state index is 0.135. The summed E-state index contributed by atoms with van der Waals surface area (Å²) in [4.78, 5) is 0. The molecule has 1 unspecified atom stereocenters. The van der Waals surface area contributed by atoms with E-state index in [1.54, 1.807) is 4.68 Å². The number of nitrogens with one attached hydrogen (secondary N) is 1. The Hall–Kier alpha value is -0.870. The van der Waals surface area contributed by atoms with Crippen molar-refractivity contribution in [3.8, 4) is 0 Å². The van der Waals surface area contributed by atoms with Crippen LogP contribution in [-0.2, 0) is 7.05 Å². The quantitative estimate of drug-likeness (QED) is 0.567. The van der Waals surface area contributed by atoms with Crippen molar-refractivity contribution in [1.82, 2.24) is 15.2 Å². The van der Waals surface area contributed by atoms with Crippen LogP contribution in [0.4, 0.5) is 0 Å². The van der Waals surface area contributed by atoms with E-state index in [0.29, 0.717) is 0 Å². The molecule has 0 aliphatic rings. The minimum atomic E-state index is 0.135. The number of aromatic nitrogens is 2. The normalized spacial score (nSPS) is 14.4. The second-order valence-electron chi connectivity index (χ2n) is 4.90. The number of hydrazine groups is 1. The molecule has 0 aromatic carbocycles. The summed E-state index contributed by atoms with van der Waals surface area (Å²) >= 11 is 0. The van der Waals surface area contributed by atoms with Crippen molar-refractivity contribution in [2.45, 2.75) is 33.2 Å². The molecule has 0 fully saturated rings. The molecule has 1 heterocycles. The Balaban J connectivity index is 2.72. The Bertz CT molecular complexity index is 285. The Morgan fingerprint density at radius 1 is 1.57 bits per heavy atom. The smallest absolute Gasteiger partial charge is 0.0807 e. The number of aryl methyl sites for hydroxylation is 1. The molecule has 1 aromatic rings. The van der Waals surface area contributed by atoms with Gasteiger partial charge in [0.2, 0.25) is 0 Å². The van der Waals surface area contributed by atoms with Crippen molar-refractivity contribution >= 4 is 0 Å². The maximum Gasteiger partial charge on any atom is 0.0807 e. The first-order chi connectivity index (χ1) is 6.42. The van der Waals surface area contributed by atoms with Gasteiger partial charge in [0, 0.05) is 13.2 Å². The molecule has 0 radical (unpaired) electrons. The molecular formula is C10H20N4. The summed E-state index contributed by atoms with van der Waals surface area (Å²) in [6, 6.07) is 2.13. The summed E-state index contributed by atoms with van der Waals surface area (Å²) in [5.41, 5.74) is 4.06. The summed E-state index contributed by atoms with van der Waals surface area (Å²) in [6.07, 6.45) is 2.91. The molecule has 1 aromatic heterocycles. The first-order valence-electron chi connectivity index (χ1n) is 4.88. The zero-order valence-electron chi connectivity index (χ0n) is 9.41. The van der Waals surface area contributed by atoms with Gasteiger partial charge >= 0.3 is 0 Å². The van der Waals surface area contributed by atoms with Gasteiger partial charge in [-0.05, 0) is 17.9 Å². The molecule has 3 N–H and O–H groups in total. The third-order valence-electron chi connectivity index (χ3n) is 2.11. The van der Waals surface area contributed by atoms with E-state index in [-0.39, 0.29) is 11.5 Å². The number of hydrogen-bond donors (Lipinski definition) is 2. The first kappa shape index (κ1) is 11.2. The van der Waals surface area contributed by atoms with Gasteiger partial charge in [0.05, 0.1) is 11.7 Å². The van der Waals surface area contributed by atoms with Crippen molar-refractivity contribution in [2.24, 2.45) is 18.3 Å². The lowest BCUT2D eigenvalue weighted by atomic mass is 9.87. The van der Waals surface area contributed by atoms with E-state index >= 15 is 0 Å². The van der Waals surface area contributed by atoms with Crippen molar-refractivity contribution in [3.05, 3.63) is 18.0 Å². The summed E-state index contributed by atoms with van der Waals surface area (Å²) in [5, 5.41) is 4.34. The standard InChI is InChI=1S/C10H20N4/c1-10(2,3)7-9(12-11)8-5-6-14(4)13-8/h5-6,9,12H,7,11H2,1-4H3. The highest BCUT2D eigenvalue weighted by Crippen LogP contribution is 2.27. The summed E-state index contributed by atoms with van der Waals surface area (Å²) in [7, 11) is 1.91. The third kappa shape index (κ3) is 3.12. The fourth-order valence-electron chi connectivity index (χ4n) is 1.48. The van der Waals surface area contributed by atoms with Crippen LogP contribution in [0.2, 0.25) is 0 Å². The van der Waals surface area contributed by atoms with E-state index in [4.69, 9.17) is 5.84 Å². The lowest BCUT2D eigenvalue weighted by Crippen LogP contribution is -2.31. The average Bonchev–Trinajstić information content (AvgIpc) is 2.46. The van der Waals surface area contributed by atoms with Crippen LogP contribution in [0.25, 0.3) is 0 Å². The summed E-state index contributed by atoms with van der Waals surface area (Å²) in [5.74, 6) is 5.52. The van der Waals surface area contributed by atoms with Crippen LogP contribution in [-0.4, -0.2) is 9.78 Å². The van der Waals surface area contributed by atoms with Gasteiger partial charge in [0.1, 0.15) is 0 Å². The van der Waals surface area contributed by atoms with Gasteiger partial charge in [0.25, 0.3) is 0 Å². The molecule has 14 heavy (non-hydrogen) atoms. The lowest BCUT2D eigenvalue weighted by Gasteiger charge is -2.24. The van der Waals surface area contributed by atoms with Gasteiger partial charge in [-0.3, -0.25) is 16.0 Å². The number of rotatable bonds is 3. The second kappa shape index (κ2) is 4.11. The van der Waals surface area contributed by atoms with Gasteiger partial charge in [0.15, 0.2) is 0 Å². The van der Waals surface area contributed by atoms with Crippen molar-refractivity contribution in [3.63, 3.8) is 0 Å². The molecule has 0 saturated carbocycles. The number of hydrogen-bond acceptors (Lipinski definition) is 3. The fraction of sp³-hybridized carbons (Fsp3) is 0.700. The van der Waals surface area contributed by atoms with Crippen LogP contribution in [0, 0.1) is 5.41 Å². The fourth-order valence-corrected chi connectivity index (χ4v) is 1.48. The summed E-state index contributed by atoms with van der Waals surface area (Å²) in [6.45, 7) is 6.58. The van der Waals surface area contributed by atoms with E-state index in [1.807, 2.05) is 19.3 Å². The Kier molecular flexibility index (Phi) is 3.29. The highest BCUT2D eigenvalue weighted by atomic mass is 15.3.